The van der Waals surface area contributed by atoms with E-state index in [0.717, 1.165) is 19.8 Å². The first-order valence-corrected chi connectivity index (χ1v) is 7.69. The largest absolute Gasteiger partial charge is 0.464 e. The van der Waals surface area contributed by atoms with Gasteiger partial charge in [0.2, 0.25) is 0 Å². The fourth-order valence-corrected chi connectivity index (χ4v) is 3.42. The van der Waals surface area contributed by atoms with E-state index in [1.165, 1.54) is 11.3 Å². The Morgan fingerprint density at radius 2 is 2.17 bits per heavy atom. The standard InChI is InChI=1S/C12H11Br2NO2S/c1-6-3-4-9(17-6)7(2)15-12(16)10-5-8(13)11(14)18-10/h3-5,7H,1-2H3,(H,15,16). The predicted octanol–water partition coefficient (Wildman–Crippen LogP) is 4.67. The van der Waals surface area contributed by atoms with Crippen molar-refractivity contribution < 1.29 is 9.21 Å². The molecule has 2 aromatic rings. The number of nitrogens with one attached hydrogen (secondary N) is 1. The minimum absolute atomic E-state index is 0.104. The number of rotatable bonds is 3. The van der Waals surface area contributed by atoms with Crippen molar-refractivity contribution in [3.63, 3.8) is 0 Å². The quantitative estimate of drug-likeness (QED) is 0.824. The highest BCUT2D eigenvalue weighted by Crippen LogP contribution is 2.32. The van der Waals surface area contributed by atoms with Crippen LogP contribution in [0.5, 0.6) is 0 Å². The highest BCUT2D eigenvalue weighted by molar-refractivity contribution is 9.13. The van der Waals surface area contributed by atoms with Crippen molar-refractivity contribution in [2.24, 2.45) is 0 Å². The summed E-state index contributed by atoms with van der Waals surface area (Å²) < 4.78 is 7.28. The Kier molecular flexibility index (Phi) is 4.29. The van der Waals surface area contributed by atoms with Crippen molar-refractivity contribution in [1.29, 1.82) is 0 Å². The lowest BCUT2D eigenvalue weighted by Gasteiger charge is -2.10. The summed E-state index contributed by atoms with van der Waals surface area (Å²) in [7, 11) is 0. The van der Waals surface area contributed by atoms with Gasteiger partial charge in [-0.2, -0.15) is 0 Å². The fourth-order valence-electron chi connectivity index (χ4n) is 1.48. The molecule has 96 valence electrons. The summed E-state index contributed by atoms with van der Waals surface area (Å²) in [6.45, 7) is 3.78. The van der Waals surface area contributed by atoms with E-state index in [1.54, 1.807) is 6.07 Å². The van der Waals surface area contributed by atoms with E-state index in [2.05, 4.69) is 37.2 Å². The van der Waals surface area contributed by atoms with Gasteiger partial charge in [0.05, 0.1) is 14.7 Å². The zero-order valence-corrected chi connectivity index (χ0v) is 13.8. The highest BCUT2D eigenvalue weighted by Gasteiger charge is 2.16. The van der Waals surface area contributed by atoms with Gasteiger partial charge in [-0.25, -0.2) is 0 Å². The number of hydrogen-bond acceptors (Lipinski definition) is 3. The van der Waals surface area contributed by atoms with Gasteiger partial charge in [0.1, 0.15) is 11.5 Å². The molecule has 1 N–H and O–H groups in total. The van der Waals surface area contributed by atoms with Crippen LogP contribution in [0.4, 0.5) is 0 Å². The van der Waals surface area contributed by atoms with Gasteiger partial charge in [-0.15, -0.1) is 11.3 Å². The number of amides is 1. The Morgan fingerprint density at radius 1 is 1.44 bits per heavy atom. The van der Waals surface area contributed by atoms with Crippen LogP contribution < -0.4 is 5.32 Å². The summed E-state index contributed by atoms with van der Waals surface area (Å²) in [4.78, 5) is 12.7. The number of carbonyl (C=O) groups excluding carboxylic acids is 1. The zero-order valence-electron chi connectivity index (χ0n) is 9.79. The minimum atomic E-state index is -0.147. The SMILES string of the molecule is Cc1ccc(C(C)NC(=O)c2cc(Br)c(Br)s2)o1. The molecule has 2 rings (SSSR count). The highest BCUT2D eigenvalue weighted by atomic mass is 79.9. The Balaban J connectivity index is 2.07. The predicted molar refractivity (Wildman–Crippen MR) is 79.0 cm³/mol. The van der Waals surface area contributed by atoms with E-state index in [1.807, 2.05) is 26.0 Å². The van der Waals surface area contributed by atoms with Crippen molar-refractivity contribution in [3.05, 3.63) is 42.9 Å². The minimum Gasteiger partial charge on any atom is -0.464 e. The first-order chi connectivity index (χ1) is 8.47. The molecule has 0 fully saturated rings. The molecule has 0 aliphatic rings. The number of aryl methyl sites for hydroxylation is 1. The van der Waals surface area contributed by atoms with Gasteiger partial charge >= 0.3 is 0 Å². The zero-order chi connectivity index (χ0) is 13.3. The van der Waals surface area contributed by atoms with Gasteiger partial charge in [0.25, 0.3) is 5.91 Å². The van der Waals surface area contributed by atoms with E-state index >= 15 is 0 Å². The Hall–Kier alpha value is -0.590. The molecule has 0 aromatic carbocycles. The maximum atomic E-state index is 12.0. The molecular formula is C12H11Br2NO2S. The number of hydrogen-bond donors (Lipinski definition) is 1. The maximum absolute atomic E-state index is 12.0. The van der Waals surface area contributed by atoms with Gasteiger partial charge < -0.3 is 9.73 Å². The van der Waals surface area contributed by atoms with Crippen LogP contribution in [0.1, 0.15) is 34.2 Å². The topological polar surface area (TPSA) is 42.2 Å². The van der Waals surface area contributed by atoms with Crippen molar-refractivity contribution in [2.75, 3.05) is 0 Å². The monoisotopic (exact) mass is 391 g/mol. The lowest BCUT2D eigenvalue weighted by Crippen LogP contribution is -2.25. The Morgan fingerprint density at radius 3 is 2.67 bits per heavy atom. The van der Waals surface area contributed by atoms with Crippen LogP contribution in [0.25, 0.3) is 0 Å². The molecule has 18 heavy (non-hydrogen) atoms. The van der Waals surface area contributed by atoms with Gasteiger partial charge in [-0.3, -0.25) is 4.79 Å². The van der Waals surface area contributed by atoms with E-state index < -0.39 is 0 Å². The molecule has 1 unspecified atom stereocenters. The number of thiophene rings is 1. The summed E-state index contributed by atoms with van der Waals surface area (Å²) in [5.74, 6) is 1.50. The third kappa shape index (κ3) is 3.05. The van der Waals surface area contributed by atoms with E-state index in [-0.39, 0.29) is 11.9 Å². The van der Waals surface area contributed by atoms with Crippen LogP contribution in [-0.4, -0.2) is 5.91 Å². The van der Waals surface area contributed by atoms with Gasteiger partial charge in [-0.1, -0.05) is 0 Å². The molecule has 1 atom stereocenters. The number of carbonyl (C=O) groups is 1. The average molecular weight is 393 g/mol. The number of halogens is 2. The summed E-state index contributed by atoms with van der Waals surface area (Å²) >= 11 is 8.13. The summed E-state index contributed by atoms with van der Waals surface area (Å²) in [6, 6.07) is 5.41. The second-order valence-corrected chi connectivity index (χ2v) is 7.10. The summed E-state index contributed by atoms with van der Waals surface area (Å²) in [5, 5.41) is 2.90. The fraction of sp³-hybridized carbons (Fsp3) is 0.250. The molecule has 0 radical (unpaired) electrons. The second kappa shape index (κ2) is 5.59. The summed E-state index contributed by atoms with van der Waals surface area (Å²) in [5.41, 5.74) is 0. The van der Waals surface area contributed by atoms with Crippen LogP contribution in [0.3, 0.4) is 0 Å². The molecule has 1 amide bonds. The van der Waals surface area contributed by atoms with E-state index in [9.17, 15) is 4.79 Å². The molecule has 3 nitrogen and oxygen atoms in total. The molecule has 2 aromatic heterocycles. The molecule has 0 spiro atoms. The van der Waals surface area contributed by atoms with Crippen LogP contribution in [0.2, 0.25) is 0 Å². The molecule has 0 aliphatic heterocycles. The molecular weight excluding hydrogens is 382 g/mol. The second-order valence-electron chi connectivity index (χ2n) is 3.88. The van der Waals surface area contributed by atoms with Crippen molar-refractivity contribution in [3.8, 4) is 0 Å². The van der Waals surface area contributed by atoms with Crippen molar-refractivity contribution in [1.82, 2.24) is 5.32 Å². The van der Waals surface area contributed by atoms with Crippen LogP contribution in [0.15, 0.2) is 30.9 Å². The Labute approximate surface area is 126 Å². The third-order valence-electron chi connectivity index (χ3n) is 2.40. The van der Waals surface area contributed by atoms with E-state index in [0.29, 0.717) is 4.88 Å². The third-order valence-corrected chi connectivity index (χ3v) is 5.66. The maximum Gasteiger partial charge on any atom is 0.262 e. The van der Waals surface area contributed by atoms with Gasteiger partial charge in [-0.05, 0) is 63.9 Å². The average Bonchev–Trinajstić information content (AvgIpc) is 2.86. The van der Waals surface area contributed by atoms with Crippen LogP contribution in [0, 0.1) is 6.92 Å². The first kappa shape index (κ1) is 13.8. The first-order valence-electron chi connectivity index (χ1n) is 5.29. The lowest BCUT2D eigenvalue weighted by molar-refractivity contribution is 0.0939. The van der Waals surface area contributed by atoms with Crippen molar-refractivity contribution >= 4 is 49.1 Å². The number of furan rings is 1. The normalized spacial score (nSPS) is 12.4. The molecule has 0 aliphatic carbocycles. The summed E-state index contributed by atoms with van der Waals surface area (Å²) in [6.07, 6.45) is 0. The van der Waals surface area contributed by atoms with Crippen LogP contribution in [-0.2, 0) is 0 Å². The van der Waals surface area contributed by atoms with E-state index in [4.69, 9.17) is 4.42 Å². The Bertz CT molecular complexity index is 557. The molecule has 6 heteroatoms. The van der Waals surface area contributed by atoms with Gasteiger partial charge in [0.15, 0.2) is 0 Å². The molecule has 0 saturated heterocycles. The smallest absolute Gasteiger partial charge is 0.262 e. The van der Waals surface area contributed by atoms with Gasteiger partial charge in [0, 0.05) is 4.47 Å². The molecule has 0 saturated carbocycles. The lowest BCUT2D eigenvalue weighted by atomic mass is 10.2. The van der Waals surface area contributed by atoms with Crippen LogP contribution >= 0.6 is 43.2 Å². The molecule has 0 bridgehead atoms. The van der Waals surface area contributed by atoms with Crippen molar-refractivity contribution in [2.45, 2.75) is 19.9 Å². The molecule has 2 heterocycles.